The lowest BCUT2D eigenvalue weighted by Gasteiger charge is -1.95. The van der Waals surface area contributed by atoms with E-state index in [1.807, 2.05) is 13.1 Å². The van der Waals surface area contributed by atoms with Gasteiger partial charge in [-0.25, -0.2) is 9.97 Å². The number of nitrogens with one attached hydrogen (secondary N) is 1. The molecule has 0 aliphatic heterocycles. The largest absolute Gasteiger partial charge is 0.443 e. The summed E-state index contributed by atoms with van der Waals surface area (Å²) in [6.45, 7) is 2.78. The summed E-state index contributed by atoms with van der Waals surface area (Å²) in [5.74, 6) is 0.679. The minimum Gasteiger partial charge on any atom is -0.443 e. The van der Waals surface area contributed by atoms with Crippen LogP contribution in [0.25, 0.3) is 10.8 Å². The first kappa shape index (κ1) is 9.99. The average Bonchev–Trinajstić information content (AvgIpc) is 2.81. The van der Waals surface area contributed by atoms with Crippen LogP contribution in [0, 0.1) is 6.92 Å². The van der Waals surface area contributed by atoms with E-state index >= 15 is 0 Å². The maximum atomic E-state index is 5.44. The molecule has 5 heteroatoms. The highest BCUT2D eigenvalue weighted by Crippen LogP contribution is 2.25. The molecule has 1 saturated carbocycles. The van der Waals surface area contributed by atoms with Crippen molar-refractivity contribution in [3.63, 3.8) is 0 Å². The summed E-state index contributed by atoms with van der Waals surface area (Å²) in [6.07, 6.45) is 6.11. The Balaban J connectivity index is 1.71. The van der Waals surface area contributed by atoms with Crippen molar-refractivity contribution in [3.8, 4) is 10.8 Å². The fraction of sp³-hybridized carbons (Fsp3) is 0.455. The summed E-state index contributed by atoms with van der Waals surface area (Å²) in [4.78, 5) is 9.62. The van der Waals surface area contributed by atoms with Crippen LogP contribution in [0.1, 0.15) is 23.5 Å². The molecule has 2 aromatic heterocycles. The van der Waals surface area contributed by atoms with Crippen LogP contribution in [-0.2, 0) is 6.54 Å². The Bertz CT molecular complexity index is 487. The van der Waals surface area contributed by atoms with Crippen LogP contribution in [0.15, 0.2) is 16.9 Å². The Morgan fingerprint density at radius 3 is 3.12 bits per heavy atom. The lowest BCUT2D eigenvalue weighted by atomic mass is 10.4. The van der Waals surface area contributed by atoms with Crippen molar-refractivity contribution in [2.45, 2.75) is 32.4 Å². The number of hydrogen-bond donors (Lipinski definition) is 1. The number of aromatic nitrogens is 2. The van der Waals surface area contributed by atoms with E-state index in [0.717, 1.165) is 22.1 Å². The molecule has 2 heterocycles. The van der Waals surface area contributed by atoms with E-state index in [4.69, 9.17) is 4.42 Å². The molecule has 0 bridgehead atoms. The van der Waals surface area contributed by atoms with E-state index in [0.29, 0.717) is 11.9 Å². The fourth-order valence-electron chi connectivity index (χ4n) is 1.50. The summed E-state index contributed by atoms with van der Waals surface area (Å²) >= 11 is 1.60. The van der Waals surface area contributed by atoms with Crippen molar-refractivity contribution in [2.24, 2.45) is 0 Å². The molecule has 0 aromatic carbocycles. The quantitative estimate of drug-likeness (QED) is 0.883. The number of rotatable bonds is 4. The average molecular weight is 235 g/mol. The first-order valence-electron chi connectivity index (χ1n) is 5.42. The maximum absolute atomic E-state index is 5.44. The van der Waals surface area contributed by atoms with Gasteiger partial charge in [0.1, 0.15) is 11.1 Å². The summed E-state index contributed by atoms with van der Waals surface area (Å²) < 4.78 is 5.44. The Hall–Kier alpha value is -1.20. The molecule has 0 saturated heterocycles. The minimum absolute atomic E-state index is 0.679. The topological polar surface area (TPSA) is 51.0 Å². The maximum Gasteiger partial charge on any atom is 0.238 e. The Morgan fingerprint density at radius 2 is 2.44 bits per heavy atom. The van der Waals surface area contributed by atoms with Gasteiger partial charge in [0.15, 0.2) is 0 Å². The fourth-order valence-corrected chi connectivity index (χ4v) is 2.21. The van der Waals surface area contributed by atoms with Crippen LogP contribution in [-0.4, -0.2) is 16.0 Å². The van der Waals surface area contributed by atoms with Crippen molar-refractivity contribution < 1.29 is 4.42 Å². The smallest absolute Gasteiger partial charge is 0.238 e. The standard InChI is InChI=1S/C11H13N3OS/c1-7-12-5-10(16-7)11-14-9(6-15-11)4-13-8-2-3-8/h5-6,8,13H,2-4H2,1H3. The van der Waals surface area contributed by atoms with Crippen LogP contribution >= 0.6 is 11.3 Å². The van der Waals surface area contributed by atoms with E-state index in [-0.39, 0.29) is 0 Å². The van der Waals surface area contributed by atoms with Crippen molar-refractivity contribution in [1.29, 1.82) is 0 Å². The van der Waals surface area contributed by atoms with Gasteiger partial charge in [0.25, 0.3) is 0 Å². The third-order valence-electron chi connectivity index (χ3n) is 2.53. The predicted octanol–water partition coefficient (Wildman–Crippen LogP) is 2.36. The molecule has 3 rings (SSSR count). The summed E-state index contributed by atoms with van der Waals surface area (Å²) in [6, 6.07) is 0.700. The van der Waals surface area contributed by atoms with Gasteiger partial charge >= 0.3 is 0 Å². The molecule has 2 aromatic rings. The van der Waals surface area contributed by atoms with Crippen molar-refractivity contribution >= 4 is 11.3 Å². The van der Waals surface area contributed by atoms with Crippen molar-refractivity contribution in [3.05, 3.63) is 23.2 Å². The second-order valence-electron chi connectivity index (χ2n) is 4.04. The molecular weight excluding hydrogens is 222 g/mol. The lowest BCUT2D eigenvalue weighted by molar-refractivity contribution is 0.571. The van der Waals surface area contributed by atoms with E-state index < -0.39 is 0 Å². The molecule has 1 fully saturated rings. The summed E-state index contributed by atoms with van der Waals surface area (Å²) in [5.41, 5.74) is 0.966. The minimum atomic E-state index is 0.679. The number of thiazole rings is 1. The van der Waals surface area contributed by atoms with Crippen molar-refractivity contribution in [1.82, 2.24) is 15.3 Å². The Kier molecular flexibility index (Phi) is 2.49. The highest BCUT2D eigenvalue weighted by Gasteiger charge is 2.20. The first-order valence-corrected chi connectivity index (χ1v) is 6.23. The molecule has 0 spiro atoms. The molecule has 4 nitrogen and oxygen atoms in total. The molecule has 1 aliphatic rings. The molecule has 0 amide bonds. The normalized spacial score (nSPS) is 15.6. The van der Waals surface area contributed by atoms with Gasteiger partial charge < -0.3 is 9.73 Å². The molecule has 84 valence electrons. The van der Waals surface area contributed by atoms with Crippen molar-refractivity contribution in [2.75, 3.05) is 0 Å². The zero-order valence-electron chi connectivity index (χ0n) is 9.06. The molecule has 1 N–H and O–H groups in total. The molecule has 16 heavy (non-hydrogen) atoms. The van der Waals surface area contributed by atoms with Gasteiger partial charge in [-0.2, -0.15) is 0 Å². The van der Waals surface area contributed by atoms with Gasteiger partial charge in [0, 0.05) is 12.6 Å². The zero-order chi connectivity index (χ0) is 11.0. The van der Waals surface area contributed by atoms with E-state index in [1.54, 1.807) is 17.6 Å². The van der Waals surface area contributed by atoms with Gasteiger partial charge in [-0.3, -0.25) is 0 Å². The third-order valence-corrected chi connectivity index (χ3v) is 3.43. The van der Waals surface area contributed by atoms with E-state index in [9.17, 15) is 0 Å². The monoisotopic (exact) mass is 235 g/mol. The molecular formula is C11H13N3OS. The van der Waals surface area contributed by atoms with Crippen LogP contribution < -0.4 is 5.32 Å². The second-order valence-corrected chi connectivity index (χ2v) is 5.28. The van der Waals surface area contributed by atoms with Gasteiger partial charge in [-0.05, 0) is 19.8 Å². The number of oxazole rings is 1. The van der Waals surface area contributed by atoms with Gasteiger partial charge in [0.05, 0.1) is 16.9 Å². The highest BCUT2D eigenvalue weighted by molar-refractivity contribution is 7.14. The van der Waals surface area contributed by atoms with E-state index in [1.165, 1.54) is 12.8 Å². The molecule has 0 unspecified atom stereocenters. The zero-order valence-corrected chi connectivity index (χ0v) is 9.88. The molecule has 1 aliphatic carbocycles. The van der Waals surface area contributed by atoms with Crippen LogP contribution in [0.5, 0.6) is 0 Å². The molecule has 0 radical (unpaired) electrons. The number of nitrogens with zero attached hydrogens (tertiary/aromatic N) is 2. The third kappa shape index (κ3) is 2.15. The SMILES string of the molecule is Cc1ncc(-c2nc(CNC3CC3)co2)s1. The number of aryl methyl sites for hydroxylation is 1. The molecule has 0 atom stereocenters. The van der Waals surface area contributed by atoms with Gasteiger partial charge in [-0.1, -0.05) is 0 Å². The summed E-state index contributed by atoms with van der Waals surface area (Å²) in [5, 5.41) is 4.44. The van der Waals surface area contributed by atoms with Gasteiger partial charge in [0.2, 0.25) is 5.89 Å². The lowest BCUT2D eigenvalue weighted by Crippen LogP contribution is -2.15. The Morgan fingerprint density at radius 1 is 1.56 bits per heavy atom. The van der Waals surface area contributed by atoms with E-state index in [2.05, 4.69) is 15.3 Å². The first-order chi connectivity index (χ1) is 7.81. The van der Waals surface area contributed by atoms with Gasteiger partial charge in [-0.15, -0.1) is 11.3 Å². The Labute approximate surface area is 97.7 Å². The predicted molar refractivity (Wildman–Crippen MR) is 62.2 cm³/mol. The van der Waals surface area contributed by atoms with Crippen LogP contribution in [0.4, 0.5) is 0 Å². The highest BCUT2D eigenvalue weighted by atomic mass is 32.1. The second kappa shape index (κ2) is 3.99. The summed E-state index contributed by atoms with van der Waals surface area (Å²) in [7, 11) is 0. The number of hydrogen-bond acceptors (Lipinski definition) is 5. The van der Waals surface area contributed by atoms with Crippen LogP contribution in [0.2, 0.25) is 0 Å². The van der Waals surface area contributed by atoms with Crippen LogP contribution in [0.3, 0.4) is 0 Å².